The molecule has 2 aromatic carbocycles. The molecule has 0 unspecified atom stereocenters. The summed E-state index contributed by atoms with van der Waals surface area (Å²) in [6, 6.07) is 18.3. The van der Waals surface area contributed by atoms with Crippen LogP contribution in [0.25, 0.3) is 5.69 Å². The number of pyridine rings is 1. The molecular weight excluding hydrogens is 503 g/mol. The first kappa shape index (κ1) is 26.3. The average Bonchev–Trinajstić information content (AvgIpc) is 3.31. The maximum atomic E-state index is 15.6. The predicted molar refractivity (Wildman–Crippen MR) is 146 cm³/mol. The number of hydrogen-bond acceptors (Lipinski definition) is 5. The van der Waals surface area contributed by atoms with E-state index in [2.05, 4.69) is 0 Å². The van der Waals surface area contributed by atoms with Crippen LogP contribution in [0.3, 0.4) is 0 Å². The number of methoxy groups -OCH3 is 1. The fourth-order valence-corrected chi connectivity index (χ4v) is 8.92. The lowest BCUT2D eigenvalue weighted by Crippen LogP contribution is -2.45. The van der Waals surface area contributed by atoms with E-state index in [0.717, 1.165) is 16.8 Å². The van der Waals surface area contributed by atoms with Gasteiger partial charge in [0.25, 0.3) is 11.5 Å². The highest BCUT2D eigenvalue weighted by Gasteiger charge is 2.66. The maximum Gasteiger partial charge on any atom is 0.297 e. The van der Waals surface area contributed by atoms with Gasteiger partial charge in [0.1, 0.15) is 0 Å². The van der Waals surface area contributed by atoms with Crippen LogP contribution in [0, 0.1) is 5.92 Å². The number of halogens is 1. The Labute approximate surface area is 222 Å². The Morgan fingerprint density at radius 3 is 2.58 bits per heavy atom. The Hall–Kier alpha value is -3.27. The topological polar surface area (TPSA) is 81.0 Å². The molecule has 38 heavy (non-hydrogen) atoms. The van der Waals surface area contributed by atoms with Crippen LogP contribution in [0.5, 0.6) is 5.75 Å². The van der Waals surface area contributed by atoms with E-state index in [4.69, 9.17) is 9.47 Å². The number of benzene rings is 2. The number of carbonyl (C=O) groups excluding carboxylic acids is 1. The van der Waals surface area contributed by atoms with Crippen LogP contribution in [0.2, 0.25) is 18.6 Å². The lowest BCUT2D eigenvalue weighted by Gasteiger charge is -2.31. The number of aliphatic hydroxyl groups is 1. The fraction of sp³-hybridized carbons (Fsp3) is 0.379. The number of hydrogen-bond donors (Lipinski definition) is 1. The zero-order chi connectivity index (χ0) is 27.2. The van der Waals surface area contributed by atoms with Crippen LogP contribution in [0.1, 0.15) is 24.5 Å². The van der Waals surface area contributed by atoms with Crippen LogP contribution in [-0.2, 0) is 21.7 Å². The number of anilines is 1. The normalized spacial score (nSPS) is 24.7. The van der Waals surface area contributed by atoms with E-state index in [-0.39, 0.29) is 36.8 Å². The monoisotopic (exact) mass is 536 g/mol. The summed E-state index contributed by atoms with van der Waals surface area (Å²) in [4.78, 5) is 28.8. The van der Waals surface area contributed by atoms with Gasteiger partial charge in [-0.25, -0.2) is 0 Å². The fourth-order valence-electron chi connectivity index (χ4n) is 6.38. The number of aromatic nitrogens is 1. The molecule has 0 bridgehead atoms. The molecule has 1 N–H and O–H groups in total. The molecule has 2 aliphatic heterocycles. The molecule has 4 atom stereocenters. The Morgan fingerprint density at radius 2 is 1.87 bits per heavy atom. The SMILES string of the molecule is COc1cccn(-c2cccc(CN3C(=O)[C@@]4(O[C@@H](CCO)[C@H]([Si](C)(C)F)[C@H]4C)c4ccccc43)c2)c1=O. The van der Waals surface area contributed by atoms with Crippen molar-refractivity contribution in [2.75, 3.05) is 18.6 Å². The molecule has 0 saturated carbocycles. The number of nitrogens with zero attached hydrogens (tertiary/aromatic N) is 2. The van der Waals surface area contributed by atoms with E-state index in [1.54, 1.807) is 36.3 Å². The van der Waals surface area contributed by atoms with Crippen molar-refractivity contribution >= 4 is 20.0 Å². The third kappa shape index (κ3) is 4.09. The van der Waals surface area contributed by atoms with E-state index < -0.39 is 31.6 Å². The van der Waals surface area contributed by atoms with Gasteiger partial charge in [-0.2, -0.15) is 0 Å². The van der Waals surface area contributed by atoms with Gasteiger partial charge in [-0.1, -0.05) is 37.3 Å². The van der Waals surface area contributed by atoms with Crippen molar-refractivity contribution < 1.29 is 23.5 Å². The average molecular weight is 537 g/mol. The highest BCUT2D eigenvalue weighted by Crippen LogP contribution is 2.60. The smallest absolute Gasteiger partial charge is 0.297 e. The van der Waals surface area contributed by atoms with Crippen molar-refractivity contribution in [1.82, 2.24) is 4.57 Å². The lowest BCUT2D eigenvalue weighted by molar-refractivity contribution is -0.146. The molecule has 7 nitrogen and oxygen atoms in total. The molecule has 1 spiro atoms. The molecule has 1 amide bonds. The summed E-state index contributed by atoms with van der Waals surface area (Å²) in [5, 5.41) is 9.69. The minimum Gasteiger partial charge on any atom is -0.491 e. The van der Waals surface area contributed by atoms with E-state index in [9.17, 15) is 14.7 Å². The Bertz CT molecular complexity index is 1420. The van der Waals surface area contributed by atoms with Gasteiger partial charge in [0, 0.05) is 35.5 Å². The third-order valence-electron chi connectivity index (χ3n) is 7.94. The maximum absolute atomic E-state index is 15.6. The first-order valence-corrected chi connectivity index (χ1v) is 15.8. The predicted octanol–water partition coefficient (Wildman–Crippen LogP) is 4.55. The first-order valence-electron chi connectivity index (χ1n) is 12.9. The highest BCUT2D eigenvalue weighted by atomic mass is 28.4. The molecule has 200 valence electrons. The summed E-state index contributed by atoms with van der Waals surface area (Å²) in [6.45, 7) is 5.33. The second kappa shape index (κ2) is 9.80. The first-order chi connectivity index (χ1) is 18.1. The van der Waals surface area contributed by atoms with Crippen molar-refractivity contribution in [3.05, 3.63) is 88.3 Å². The molecule has 0 radical (unpaired) electrons. The van der Waals surface area contributed by atoms with Gasteiger partial charge < -0.3 is 23.6 Å². The zero-order valence-electron chi connectivity index (χ0n) is 22.1. The standard InChI is InChI=1S/C29H33FN2O5Si/c1-19-26(38(3,4)30)24(14-16-33)37-29(19)22-11-5-6-12-23(22)32(28(29)35)18-20-9-7-10-21(17-20)31-15-8-13-25(36-2)27(31)34/h5-13,15,17,19,24,26,33H,14,16,18H2,1-4H3/t19-,24+,26-,29+/m1/s1. The van der Waals surface area contributed by atoms with E-state index >= 15 is 4.11 Å². The Balaban J connectivity index is 1.54. The van der Waals surface area contributed by atoms with Crippen LogP contribution in [0.15, 0.2) is 71.7 Å². The lowest BCUT2D eigenvalue weighted by atomic mass is 9.82. The molecule has 3 heterocycles. The minimum absolute atomic E-state index is 0.134. The van der Waals surface area contributed by atoms with E-state index in [1.807, 2.05) is 55.5 Å². The molecule has 9 heteroatoms. The summed E-state index contributed by atoms with van der Waals surface area (Å²) in [6.07, 6.45) is 1.42. The number of fused-ring (bicyclic) bond motifs is 2. The number of carbonyl (C=O) groups is 1. The summed E-state index contributed by atoms with van der Waals surface area (Å²) < 4.78 is 28.8. The molecule has 2 aliphatic rings. The highest BCUT2D eigenvalue weighted by molar-refractivity contribution is 6.72. The van der Waals surface area contributed by atoms with Gasteiger partial charge in [-0.3, -0.25) is 14.2 Å². The second-order valence-electron chi connectivity index (χ2n) is 10.6. The van der Waals surface area contributed by atoms with Gasteiger partial charge >= 0.3 is 0 Å². The van der Waals surface area contributed by atoms with Gasteiger partial charge in [0.05, 0.1) is 25.4 Å². The van der Waals surface area contributed by atoms with Crippen LogP contribution >= 0.6 is 0 Å². The van der Waals surface area contributed by atoms with Crippen molar-refractivity contribution in [1.29, 1.82) is 0 Å². The second-order valence-corrected chi connectivity index (χ2v) is 14.4. The number of rotatable bonds is 7. The summed E-state index contributed by atoms with van der Waals surface area (Å²) in [5.41, 5.74) is 0.928. The van der Waals surface area contributed by atoms with Crippen molar-refractivity contribution in [3.63, 3.8) is 0 Å². The van der Waals surface area contributed by atoms with E-state index in [0.29, 0.717) is 5.69 Å². The molecule has 5 rings (SSSR count). The Morgan fingerprint density at radius 1 is 1.11 bits per heavy atom. The van der Waals surface area contributed by atoms with Crippen molar-refractivity contribution in [2.45, 2.75) is 50.2 Å². The van der Waals surface area contributed by atoms with Crippen LogP contribution < -0.4 is 15.2 Å². The molecular formula is C29H33FN2O5Si. The van der Waals surface area contributed by atoms with Crippen LogP contribution in [-0.4, -0.2) is 43.8 Å². The van der Waals surface area contributed by atoms with Crippen molar-refractivity contribution in [3.8, 4) is 11.4 Å². The number of aliphatic hydroxyl groups excluding tert-OH is 1. The summed E-state index contributed by atoms with van der Waals surface area (Å²) >= 11 is 0. The quantitative estimate of drug-likeness (QED) is 0.354. The van der Waals surface area contributed by atoms with E-state index in [1.165, 1.54) is 11.7 Å². The largest absolute Gasteiger partial charge is 0.491 e. The number of ether oxygens (including phenoxy) is 2. The number of para-hydroxylation sites is 1. The van der Waals surface area contributed by atoms with Gasteiger partial charge in [-0.05, 0) is 55.4 Å². The van der Waals surface area contributed by atoms with Crippen molar-refractivity contribution in [2.24, 2.45) is 5.92 Å². The van der Waals surface area contributed by atoms with Crippen LogP contribution in [0.4, 0.5) is 9.80 Å². The third-order valence-corrected chi connectivity index (χ3v) is 10.4. The molecule has 0 aliphatic carbocycles. The molecule has 1 saturated heterocycles. The van der Waals surface area contributed by atoms with Gasteiger partial charge in [0.2, 0.25) is 8.41 Å². The van der Waals surface area contributed by atoms with Gasteiger partial charge in [-0.15, -0.1) is 0 Å². The summed E-state index contributed by atoms with van der Waals surface area (Å²) in [7, 11) is -1.78. The Kier molecular flexibility index (Phi) is 6.79. The summed E-state index contributed by atoms with van der Waals surface area (Å²) in [5.74, 6) is -0.382. The minimum atomic E-state index is -3.24. The molecule has 3 aromatic rings. The number of amides is 1. The van der Waals surface area contributed by atoms with Gasteiger partial charge in [0.15, 0.2) is 11.4 Å². The molecule has 1 aromatic heterocycles. The zero-order valence-corrected chi connectivity index (χ0v) is 23.1. The molecule has 1 fully saturated rings.